The van der Waals surface area contributed by atoms with Gasteiger partial charge in [-0.05, 0) is 42.9 Å². The van der Waals surface area contributed by atoms with Crippen molar-refractivity contribution in [2.24, 2.45) is 17.3 Å². The third kappa shape index (κ3) is 6.32. The van der Waals surface area contributed by atoms with Gasteiger partial charge in [-0.2, -0.15) is 13.2 Å². The van der Waals surface area contributed by atoms with E-state index in [1.54, 1.807) is 30.3 Å². The molecule has 3 heterocycles. The minimum Gasteiger partial charge on any atom is -0.480 e. The van der Waals surface area contributed by atoms with Gasteiger partial charge in [0.25, 0.3) is 0 Å². The van der Waals surface area contributed by atoms with E-state index in [-0.39, 0.29) is 18.1 Å². The van der Waals surface area contributed by atoms with Crippen molar-refractivity contribution < 1.29 is 37.4 Å². The van der Waals surface area contributed by atoms with Crippen LogP contribution in [0, 0.1) is 24.2 Å². The van der Waals surface area contributed by atoms with Gasteiger partial charge in [0.15, 0.2) is 0 Å². The molecule has 12 heteroatoms. The number of carbonyl (C=O) groups is 3. The summed E-state index contributed by atoms with van der Waals surface area (Å²) in [5, 5.41) is 13.8. The van der Waals surface area contributed by atoms with Gasteiger partial charge >= 0.3 is 18.2 Å². The van der Waals surface area contributed by atoms with Crippen molar-refractivity contribution in [3.05, 3.63) is 59.3 Å². The van der Waals surface area contributed by atoms with Crippen LogP contribution in [0.15, 0.2) is 42.5 Å². The van der Waals surface area contributed by atoms with Gasteiger partial charge in [-0.25, -0.2) is 14.6 Å². The number of carbonyl (C=O) groups excluding carboxylic acids is 2. The first-order valence-corrected chi connectivity index (χ1v) is 13.9. The second-order valence-electron chi connectivity index (χ2n) is 12.1. The van der Waals surface area contributed by atoms with Crippen molar-refractivity contribution in [1.29, 1.82) is 0 Å². The van der Waals surface area contributed by atoms with E-state index in [9.17, 15) is 32.7 Å². The standard InChI is InChI=1S/C30H37F3N4O5/c1-17-14-20(30(31,32)33)15-21(34-17)35-23-22(29(2,3)4)25(27(39)40)37(24(23)18-10-7-6-8-11-18)26(38)19-12-9-13-36(16-19)28(41)42-5/h6-8,10-11,14-15,19,22-25H,9,12-13,16H2,1-5H3,(H,34,35)(H,39,40)/t19-,22+,23+,24+,25+/m0/s1. The maximum atomic E-state index is 14.4. The summed E-state index contributed by atoms with van der Waals surface area (Å²) < 4.78 is 46.0. The molecular weight excluding hydrogens is 553 g/mol. The summed E-state index contributed by atoms with van der Waals surface area (Å²) >= 11 is 0. The zero-order chi connectivity index (χ0) is 31.0. The number of halogens is 3. The van der Waals surface area contributed by atoms with Crippen LogP contribution in [0.25, 0.3) is 0 Å². The van der Waals surface area contributed by atoms with Crippen LogP contribution >= 0.6 is 0 Å². The van der Waals surface area contributed by atoms with Crippen molar-refractivity contribution >= 4 is 23.8 Å². The Morgan fingerprint density at radius 3 is 2.33 bits per heavy atom. The third-order valence-electron chi connectivity index (χ3n) is 8.11. The number of carboxylic acids is 1. The molecule has 2 amide bonds. The number of likely N-dealkylation sites (tertiary alicyclic amines) is 2. The van der Waals surface area contributed by atoms with Gasteiger partial charge in [-0.15, -0.1) is 0 Å². The molecule has 0 aliphatic carbocycles. The van der Waals surface area contributed by atoms with Gasteiger partial charge in [-0.1, -0.05) is 51.1 Å². The molecule has 9 nitrogen and oxygen atoms in total. The van der Waals surface area contributed by atoms with Gasteiger partial charge in [0, 0.05) is 24.7 Å². The Morgan fingerprint density at radius 1 is 1.10 bits per heavy atom. The Bertz CT molecular complexity index is 1310. The van der Waals surface area contributed by atoms with E-state index in [4.69, 9.17) is 4.74 Å². The summed E-state index contributed by atoms with van der Waals surface area (Å²) in [5.74, 6) is -3.13. The predicted octanol–water partition coefficient (Wildman–Crippen LogP) is 5.37. The number of anilines is 1. The zero-order valence-electron chi connectivity index (χ0n) is 24.3. The Balaban J connectivity index is 1.86. The molecule has 0 unspecified atom stereocenters. The van der Waals surface area contributed by atoms with Crippen LogP contribution in [0.5, 0.6) is 0 Å². The number of hydrogen-bond acceptors (Lipinski definition) is 6. The molecule has 2 fully saturated rings. The fourth-order valence-corrected chi connectivity index (χ4v) is 6.42. The average Bonchev–Trinajstić information content (AvgIpc) is 3.27. The third-order valence-corrected chi connectivity index (χ3v) is 8.11. The lowest BCUT2D eigenvalue weighted by Gasteiger charge is -2.37. The first kappa shape index (κ1) is 31.1. The number of rotatable bonds is 5. The number of benzene rings is 1. The van der Waals surface area contributed by atoms with Crippen LogP contribution in [-0.4, -0.2) is 70.1 Å². The number of methoxy groups -OCH3 is 1. The molecular formula is C30H37F3N4O5. The van der Waals surface area contributed by atoms with Gasteiger partial charge < -0.3 is 25.0 Å². The Kier molecular flexibility index (Phi) is 8.75. The quantitative estimate of drug-likeness (QED) is 0.482. The molecule has 0 radical (unpaired) electrons. The predicted molar refractivity (Wildman–Crippen MR) is 148 cm³/mol. The van der Waals surface area contributed by atoms with Crippen LogP contribution in [-0.2, 0) is 20.5 Å². The number of aromatic nitrogens is 1. The monoisotopic (exact) mass is 590 g/mol. The van der Waals surface area contributed by atoms with Gasteiger partial charge in [0.05, 0.1) is 30.7 Å². The van der Waals surface area contributed by atoms with E-state index >= 15 is 0 Å². The number of nitrogens with zero attached hydrogens (tertiary/aromatic N) is 3. The van der Waals surface area contributed by atoms with Crippen molar-refractivity contribution in [2.45, 2.75) is 64.8 Å². The molecule has 2 saturated heterocycles. The summed E-state index contributed by atoms with van der Waals surface area (Å²) in [7, 11) is 1.26. The van der Waals surface area contributed by atoms with Gasteiger partial charge in [-0.3, -0.25) is 4.79 Å². The number of aliphatic carboxylic acids is 1. The molecule has 5 atom stereocenters. The number of piperidine rings is 1. The van der Waals surface area contributed by atoms with E-state index in [1.807, 2.05) is 20.8 Å². The topological polar surface area (TPSA) is 112 Å². The highest BCUT2D eigenvalue weighted by Crippen LogP contribution is 2.50. The molecule has 2 N–H and O–H groups in total. The number of amides is 2. The number of alkyl halides is 3. The van der Waals surface area contributed by atoms with Crippen LogP contribution < -0.4 is 5.32 Å². The molecule has 4 rings (SSSR count). The summed E-state index contributed by atoms with van der Waals surface area (Å²) in [6, 6.07) is 7.75. The lowest BCUT2D eigenvalue weighted by molar-refractivity contribution is -0.154. The molecule has 2 aliphatic heterocycles. The zero-order valence-corrected chi connectivity index (χ0v) is 24.3. The molecule has 0 saturated carbocycles. The molecule has 228 valence electrons. The average molecular weight is 591 g/mol. The number of hydrogen-bond donors (Lipinski definition) is 2. The highest BCUT2D eigenvalue weighted by Gasteiger charge is 2.59. The van der Waals surface area contributed by atoms with Crippen molar-refractivity contribution in [1.82, 2.24) is 14.8 Å². The minimum atomic E-state index is -4.61. The summed E-state index contributed by atoms with van der Waals surface area (Å²) in [5.41, 5.74) is -0.816. The first-order chi connectivity index (χ1) is 19.6. The smallest absolute Gasteiger partial charge is 0.416 e. The van der Waals surface area contributed by atoms with Crippen LogP contribution in [0.3, 0.4) is 0 Å². The van der Waals surface area contributed by atoms with Crippen molar-refractivity contribution in [3.8, 4) is 0 Å². The fourth-order valence-electron chi connectivity index (χ4n) is 6.42. The number of nitrogens with one attached hydrogen (secondary N) is 1. The number of aryl methyl sites for hydroxylation is 1. The lowest BCUT2D eigenvalue weighted by atomic mass is 9.72. The maximum absolute atomic E-state index is 14.4. The highest BCUT2D eigenvalue weighted by atomic mass is 19.4. The van der Waals surface area contributed by atoms with E-state index in [1.165, 1.54) is 23.8 Å². The van der Waals surface area contributed by atoms with Crippen molar-refractivity contribution in [3.63, 3.8) is 0 Å². The first-order valence-electron chi connectivity index (χ1n) is 13.9. The second kappa shape index (κ2) is 11.8. The van der Waals surface area contributed by atoms with Crippen molar-refractivity contribution in [2.75, 3.05) is 25.5 Å². The molecule has 2 aliphatic rings. The van der Waals surface area contributed by atoms with Crippen LogP contribution in [0.1, 0.15) is 56.5 Å². The molecule has 1 aromatic carbocycles. The summed E-state index contributed by atoms with van der Waals surface area (Å²) in [4.78, 5) is 46.8. The minimum absolute atomic E-state index is 0.0597. The fraction of sp³-hybridized carbons (Fsp3) is 0.533. The lowest BCUT2D eigenvalue weighted by Crippen LogP contribution is -2.52. The Morgan fingerprint density at radius 2 is 1.76 bits per heavy atom. The maximum Gasteiger partial charge on any atom is 0.416 e. The number of pyridine rings is 1. The van der Waals surface area contributed by atoms with Gasteiger partial charge in [0.1, 0.15) is 11.9 Å². The van der Waals surface area contributed by atoms with Crippen LogP contribution in [0.2, 0.25) is 0 Å². The second-order valence-corrected chi connectivity index (χ2v) is 12.1. The van der Waals surface area contributed by atoms with E-state index in [0.717, 1.165) is 12.1 Å². The van der Waals surface area contributed by atoms with E-state index in [0.29, 0.717) is 24.9 Å². The number of ether oxygens (including phenoxy) is 1. The largest absolute Gasteiger partial charge is 0.480 e. The number of carboxylic acid groups (broad SMARTS) is 1. The van der Waals surface area contributed by atoms with Gasteiger partial charge in [0.2, 0.25) is 5.91 Å². The Hall–Kier alpha value is -3.83. The van der Waals surface area contributed by atoms with E-state index in [2.05, 4.69) is 10.3 Å². The van der Waals surface area contributed by atoms with E-state index < -0.39 is 65.1 Å². The highest BCUT2D eigenvalue weighted by molar-refractivity contribution is 5.88. The SMILES string of the molecule is COC(=O)N1CCC[C@H](C(=O)N2[C@H](c3ccccc3)[C@H](Nc3cc(C(F)(F)F)cc(C)n3)[C@@H](C(C)(C)C)[C@@H]2C(=O)O)C1. The summed E-state index contributed by atoms with van der Waals surface area (Å²) in [6.07, 6.45) is -4.20. The Labute approximate surface area is 243 Å². The summed E-state index contributed by atoms with van der Waals surface area (Å²) in [6.45, 7) is 7.49. The molecule has 0 bridgehead atoms. The molecule has 1 aromatic heterocycles. The molecule has 0 spiro atoms. The molecule has 2 aromatic rings. The normalized spacial score (nSPS) is 24.8. The van der Waals surface area contributed by atoms with Crippen LogP contribution in [0.4, 0.5) is 23.8 Å². The molecule has 42 heavy (non-hydrogen) atoms.